The highest BCUT2D eigenvalue weighted by atomic mass is 19.3. The average molecular weight is 475 g/mol. The Balaban J connectivity index is 1.38. The minimum atomic E-state index is -2.81. The number of aromatic nitrogens is 5. The first kappa shape index (κ1) is 22.7. The van der Waals surface area contributed by atoms with Crippen molar-refractivity contribution in [1.29, 1.82) is 0 Å². The lowest BCUT2D eigenvalue weighted by Crippen LogP contribution is -2.36. The fourth-order valence-electron chi connectivity index (χ4n) is 4.67. The molecule has 0 aromatic carbocycles. The molecule has 12 heteroatoms. The molecule has 1 saturated carbocycles. The van der Waals surface area contributed by atoms with Gasteiger partial charge in [0.25, 0.3) is 12.3 Å². The van der Waals surface area contributed by atoms with E-state index in [9.17, 15) is 13.6 Å². The van der Waals surface area contributed by atoms with Crippen LogP contribution in [0.3, 0.4) is 0 Å². The third-order valence-electron chi connectivity index (χ3n) is 6.67. The highest BCUT2D eigenvalue weighted by Gasteiger charge is 2.27. The van der Waals surface area contributed by atoms with Gasteiger partial charge in [-0.05, 0) is 44.2 Å². The van der Waals surface area contributed by atoms with Crippen LogP contribution in [0, 0.1) is 5.92 Å². The fourth-order valence-corrected chi connectivity index (χ4v) is 4.67. The standard InChI is InChI=1S/C22H28F2N8O2/c23-20(24)19-17(13-32(29-19)15-3-1-14(11-25)2-4-15)27-22(33)16-12-26-31-6-5-18(28-21(16)31)30-7-9-34-10-8-30/h5-6,12-15,20H,1-4,7-11,25H2,(H,27,33). The molecule has 3 N–H and O–H groups in total. The SMILES string of the molecule is NCC1CCC(n2cc(NC(=O)c3cnn4ccc(N5CCOCC5)nc34)c(C(F)F)n2)CC1. The first-order chi connectivity index (χ1) is 16.5. The fraction of sp³-hybridized carbons (Fsp3) is 0.545. The van der Waals surface area contributed by atoms with Crippen LogP contribution in [-0.2, 0) is 4.74 Å². The Morgan fingerprint density at radius 1 is 1.24 bits per heavy atom. The normalized spacial score (nSPS) is 21.4. The van der Waals surface area contributed by atoms with Crippen molar-refractivity contribution in [2.24, 2.45) is 11.7 Å². The summed E-state index contributed by atoms with van der Waals surface area (Å²) in [6.45, 7) is 3.24. The number of amides is 1. The zero-order valence-corrected chi connectivity index (χ0v) is 18.7. The van der Waals surface area contributed by atoms with Crippen molar-refractivity contribution >= 4 is 23.1 Å². The van der Waals surface area contributed by atoms with Gasteiger partial charge in [-0.1, -0.05) is 0 Å². The molecule has 182 valence electrons. The van der Waals surface area contributed by atoms with E-state index in [1.807, 2.05) is 6.07 Å². The van der Waals surface area contributed by atoms with Crippen LogP contribution in [-0.4, -0.2) is 63.1 Å². The Morgan fingerprint density at radius 2 is 2.00 bits per heavy atom. The first-order valence-electron chi connectivity index (χ1n) is 11.6. The maximum absolute atomic E-state index is 13.7. The van der Waals surface area contributed by atoms with Gasteiger partial charge in [0.2, 0.25) is 0 Å². The summed E-state index contributed by atoms with van der Waals surface area (Å²) in [4.78, 5) is 19.8. The van der Waals surface area contributed by atoms with Gasteiger partial charge in [0.1, 0.15) is 11.4 Å². The first-order valence-corrected chi connectivity index (χ1v) is 11.6. The average Bonchev–Trinajstić information content (AvgIpc) is 3.49. The molecule has 1 aliphatic carbocycles. The highest BCUT2D eigenvalue weighted by molar-refractivity contribution is 6.08. The Morgan fingerprint density at radius 3 is 2.71 bits per heavy atom. The number of alkyl halides is 2. The van der Waals surface area contributed by atoms with E-state index in [2.05, 4.69) is 25.4 Å². The van der Waals surface area contributed by atoms with Crippen molar-refractivity contribution in [3.63, 3.8) is 0 Å². The molecule has 0 unspecified atom stereocenters. The second-order valence-corrected chi connectivity index (χ2v) is 8.78. The van der Waals surface area contributed by atoms with E-state index in [1.54, 1.807) is 10.9 Å². The summed E-state index contributed by atoms with van der Waals surface area (Å²) in [5, 5.41) is 10.9. The predicted molar refractivity (Wildman–Crippen MR) is 121 cm³/mol. The number of carbonyl (C=O) groups excluding carboxylic acids is 1. The van der Waals surface area contributed by atoms with E-state index in [1.165, 1.54) is 16.9 Å². The molecular weight excluding hydrogens is 446 g/mol. The van der Waals surface area contributed by atoms with Gasteiger partial charge in [0, 0.05) is 25.5 Å². The third-order valence-corrected chi connectivity index (χ3v) is 6.67. The number of fused-ring (bicyclic) bond motifs is 1. The molecule has 1 amide bonds. The van der Waals surface area contributed by atoms with Crippen LogP contribution in [0.4, 0.5) is 20.3 Å². The number of hydrogen-bond donors (Lipinski definition) is 2. The molecule has 34 heavy (non-hydrogen) atoms. The van der Waals surface area contributed by atoms with Crippen molar-refractivity contribution < 1.29 is 18.3 Å². The van der Waals surface area contributed by atoms with E-state index >= 15 is 0 Å². The summed E-state index contributed by atoms with van der Waals surface area (Å²) < 4.78 is 35.9. The van der Waals surface area contributed by atoms with Gasteiger partial charge in [0.15, 0.2) is 11.3 Å². The summed E-state index contributed by atoms with van der Waals surface area (Å²) >= 11 is 0. The topological polar surface area (TPSA) is 116 Å². The Kier molecular flexibility index (Phi) is 6.42. The lowest BCUT2D eigenvalue weighted by molar-refractivity contribution is 0.102. The van der Waals surface area contributed by atoms with Crippen LogP contribution in [0.2, 0.25) is 0 Å². The summed E-state index contributed by atoms with van der Waals surface area (Å²) in [6, 6.07) is 1.84. The van der Waals surface area contributed by atoms with Crippen molar-refractivity contribution in [1.82, 2.24) is 24.4 Å². The van der Waals surface area contributed by atoms with Gasteiger partial charge in [-0.15, -0.1) is 0 Å². The summed E-state index contributed by atoms with van der Waals surface area (Å²) in [5.41, 5.74) is 5.88. The van der Waals surface area contributed by atoms with Gasteiger partial charge >= 0.3 is 0 Å². The summed E-state index contributed by atoms with van der Waals surface area (Å²) in [6.07, 6.45) is 5.32. The van der Waals surface area contributed by atoms with Gasteiger partial charge in [0.05, 0.1) is 31.1 Å². The van der Waals surface area contributed by atoms with Crippen molar-refractivity contribution in [3.05, 3.63) is 35.9 Å². The monoisotopic (exact) mass is 474 g/mol. The molecule has 0 spiro atoms. The number of rotatable bonds is 6. The van der Waals surface area contributed by atoms with E-state index in [4.69, 9.17) is 10.5 Å². The predicted octanol–water partition coefficient (Wildman–Crippen LogP) is 2.64. The maximum Gasteiger partial charge on any atom is 0.284 e. The van der Waals surface area contributed by atoms with Gasteiger partial charge < -0.3 is 20.7 Å². The Labute approximate surface area is 195 Å². The largest absolute Gasteiger partial charge is 0.378 e. The van der Waals surface area contributed by atoms with Gasteiger partial charge in [-0.25, -0.2) is 18.3 Å². The lowest BCUT2D eigenvalue weighted by Gasteiger charge is -2.27. The van der Waals surface area contributed by atoms with Crippen LogP contribution in [0.5, 0.6) is 0 Å². The molecule has 4 heterocycles. The van der Waals surface area contributed by atoms with Crippen LogP contribution in [0.15, 0.2) is 24.7 Å². The van der Waals surface area contributed by atoms with Crippen molar-refractivity contribution in [2.45, 2.75) is 38.2 Å². The molecule has 1 saturated heterocycles. The smallest absolute Gasteiger partial charge is 0.284 e. The molecule has 3 aromatic heterocycles. The quantitative estimate of drug-likeness (QED) is 0.564. The molecule has 1 aliphatic heterocycles. The number of nitrogens with zero attached hydrogens (tertiary/aromatic N) is 6. The molecule has 2 aliphatic rings. The van der Waals surface area contributed by atoms with Crippen LogP contribution in [0.25, 0.3) is 5.65 Å². The zero-order valence-electron chi connectivity index (χ0n) is 18.7. The number of morpholine rings is 1. The Bertz CT molecular complexity index is 1150. The number of nitrogens with one attached hydrogen (secondary N) is 1. The zero-order chi connectivity index (χ0) is 23.7. The number of hydrogen-bond acceptors (Lipinski definition) is 7. The second-order valence-electron chi connectivity index (χ2n) is 8.78. The number of anilines is 2. The molecule has 5 rings (SSSR count). The molecule has 2 fully saturated rings. The van der Waals surface area contributed by atoms with E-state index < -0.39 is 18.0 Å². The van der Waals surface area contributed by atoms with Gasteiger partial charge in [-0.3, -0.25) is 9.48 Å². The number of nitrogens with two attached hydrogens (primary N) is 1. The summed E-state index contributed by atoms with van der Waals surface area (Å²) in [5.74, 6) is 0.612. The third kappa shape index (κ3) is 4.47. The second kappa shape index (κ2) is 9.63. The van der Waals surface area contributed by atoms with Crippen molar-refractivity contribution in [2.75, 3.05) is 43.1 Å². The molecule has 10 nitrogen and oxygen atoms in total. The molecular formula is C22H28F2N8O2. The van der Waals surface area contributed by atoms with Crippen LogP contribution >= 0.6 is 0 Å². The molecule has 0 atom stereocenters. The molecule has 0 bridgehead atoms. The number of carbonyl (C=O) groups is 1. The summed E-state index contributed by atoms with van der Waals surface area (Å²) in [7, 11) is 0. The van der Waals surface area contributed by atoms with Crippen LogP contribution < -0.4 is 16.0 Å². The lowest BCUT2D eigenvalue weighted by atomic mass is 9.86. The molecule has 3 aromatic rings. The van der Waals surface area contributed by atoms with Crippen molar-refractivity contribution in [3.8, 4) is 0 Å². The van der Waals surface area contributed by atoms with E-state index in [0.717, 1.165) is 25.7 Å². The highest BCUT2D eigenvalue weighted by Crippen LogP contribution is 2.34. The number of halogens is 2. The minimum Gasteiger partial charge on any atom is -0.378 e. The number of ether oxygens (including phenoxy) is 1. The molecule has 0 radical (unpaired) electrons. The van der Waals surface area contributed by atoms with E-state index in [-0.39, 0.29) is 17.3 Å². The Hall–Kier alpha value is -3.12. The maximum atomic E-state index is 13.7. The minimum absolute atomic E-state index is 0.00429. The van der Waals surface area contributed by atoms with Gasteiger partial charge in [-0.2, -0.15) is 10.2 Å². The van der Waals surface area contributed by atoms with E-state index in [0.29, 0.717) is 50.2 Å². The van der Waals surface area contributed by atoms with Crippen LogP contribution in [0.1, 0.15) is 54.2 Å².